The normalized spacial score (nSPS) is 29.4. The van der Waals surface area contributed by atoms with Crippen LogP contribution in [0, 0.1) is 0 Å². The van der Waals surface area contributed by atoms with Crippen LogP contribution in [0.4, 0.5) is 0 Å². The molecule has 40 valence electrons. The highest BCUT2D eigenvalue weighted by Gasteiger charge is 2.14. The summed E-state index contributed by atoms with van der Waals surface area (Å²) in [6.07, 6.45) is 3.24. The Labute approximate surface area is 43.8 Å². The Kier molecular flexibility index (Phi) is 1.01. The lowest BCUT2D eigenvalue weighted by molar-refractivity contribution is -0.631. The van der Waals surface area contributed by atoms with Crippen LogP contribution in [0.1, 0.15) is 13.3 Å². The average Bonchev–Trinajstić information content (AvgIpc) is 1.91. The number of rotatable bonds is 0. The van der Waals surface area contributed by atoms with E-state index in [1.807, 2.05) is 7.05 Å². The second-order valence-corrected chi connectivity index (χ2v) is 2.03. The van der Waals surface area contributed by atoms with Crippen LogP contribution in [0.25, 0.3) is 0 Å². The number of hydrazone groups is 1. The molecule has 0 fully saturated rings. The third kappa shape index (κ3) is 0.734. The van der Waals surface area contributed by atoms with E-state index in [-0.39, 0.29) is 0 Å². The van der Waals surface area contributed by atoms with Gasteiger partial charge in [-0.2, -0.15) is 5.01 Å². The molecule has 0 saturated heterocycles. The van der Waals surface area contributed by atoms with Crippen LogP contribution in [0.5, 0.6) is 0 Å². The maximum absolute atomic E-state index is 3.08. The first-order valence-corrected chi connectivity index (χ1v) is 2.61. The Hall–Kier alpha value is -0.530. The fourth-order valence-electron chi connectivity index (χ4n) is 0.653. The average molecular weight is 99.2 g/mol. The fourth-order valence-corrected chi connectivity index (χ4v) is 0.653. The second-order valence-electron chi connectivity index (χ2n) is 2.03. The van der Waals surface area contributed by atoms with Crippen molar-refractivity contribution in [1.82, 2.24) is 5.01 Å². The molecule has 0 saturated carbocycles. The molecule has 2 heteroatoms. The molecule has 1 N–H and O–H groups in total. The van der Waals surface area contributed by atoms with E-state index in [4.69, 9.17) is 0 Å². The maximum Gasteiger partial charge on any atom is 0.169 e. The summed E-state index contributed by atoms with van der Waals surface area (Å²) >= 11 is 0. The molecule has 1 aliphatic heterocycles. The first-order valence-electron chi connectivity index (χ1n) is 2.61. The Balaban J connectivity index is 2.45. The minimum Gasteiger partial charge on any atom is -0.188 e. The fraction of sp³-hybridized carbons (Fsp3) is 0.800. The van der Waals surface area contributed by atoms with Gasteiger partial charge in [-0.05, 0) is 6.92 Å². The van der Waals surface area contributed by atoms with Crippen LogP contribution in [0.3, 0.4) is 0 Å². The van der Waals surface area contributed by atoms with E-state index >= 15 is 0 Å². The van der Waals surface area contributed by atoms with E-state index in [0.717, 1.165) is 6.42 Å². The molecule has 0 spiro atoms. The van der Waals surface area contributed by atoms with Gasteiger partial charge < -0.3 is 0 Å². The van der Waals surface area contributed by atoms with Crippen molar-refractivity contribution < 1.29 is 5.10 Å². The molecule has 0 amide bonds. The Morgan fingerprint density at radius 2 is 2.57 bits per heavy atom. The maximum atomic E-state index is 3.08. The van der Waals surface area contributed by atoms with E-state index in [2.05, 4.69) is 23.2 Å². The molecule has 0 aliphatic carbocycles. The van der Waals surface area contributed by atoms with Crippen molar-refractivity contribution in [2.24, 2.45) is 0 Å². The lowest BCUT2D eigenvalue weighted by Crippen LogP contribution is -2.77. The molecule has 0 aromatic carbocycles. The van der Waals surface area contributed by atoms with Gasteiger partial charge in [-0.1, -0.05) is 0 Å². The largest absolute Gasteiger partial charge is 0.188 e. The third-order valence-corrected chi connectivity index (χ3v) is 1.42. The summed E-state index contributed by atoms with van der Waals surface area (Å²) in [6, 6.07) is 0.681. The zero-order chi connectivity index (χ0) is 5.28. The zero-order valence-electron chi connectivity index (χ0n) is 4.81. The van der Waals surface area contributed by atoms with Crippen LogP contribution in [-0.4, -0.2) is 24.3 Å². The summed E-state index contributed by atoms with van der Waals surface area (Å²) in [7, 11) is 2.05. The molecular weight excluding hydrogens is 88.1 g/mol. The summed E-state index contributed by atoms with van der Waals surface area (Å²) < 4.78 is 0. The highest BCUT2D eigenvalue weighted by atomic mass is 15.5. The number of hydrazine groups is 1. The molecular formula is C5H11N2+. The van der Waals surface area contributed by atoms with Gasteiger partial charge in [0.05, 0.1) is 19.5 Å². The van der Waals surface area contributed by atoms with E-state index in [9.17, 15) is 0 Å². The van der Waals surface area contributed by atoms with Crippen molar-refractivity contribution >= 4 is 6.21 Å². The van der Waals surface area contributed by atoms with Crippen molar-refractivity contribution in [2.45, 2.75) is 19.4 Å². The Morgan fingerprint density at radius 3 is 2.71 bits per heavy atom. The summed E-state index contributed by atoms with van der Waals surface area (Å²) in [6.45, 7) is 2.19. The van der Waals surface area contributed by atoms with Crippen molar-refractivity contribution in [3.05, 3.63) is 0 Å². The Morgan fingerprint density at radius 1 is 1.86 bits per heavy atom. The molecule has 0 aromatic rings. The molecule has 1 atom stereocenters. The smallest absolute Gasteiger partial charge is 0.169 e. The zero-order valence-corrected chi connectivity index (χ0v) is 4.81. The highest BCUT2D eigenvalue weighted by molar-refractivity contribution is 5.51. The van der Waals surface area contributed by atoms with Gasteiger partial charge in [-0.15, -0.1) is 5.10 Å². The third-order valence-electron chi connectivity index (χ3n) is 1.42. The summed E-state index contributed by atoms with van der Waals surface area (Å²) in [4.78, 5) is 0. The van der Waals surface area contributed by atoms with Gasteiger partial charge in [0.25, 0.3) is 0 Å². The van der Waals surface area contributed by atoms with Crippen molar-refractivity contribution in [2.75, 3.05) is 7.05 Å². The number of nitrogens with one attached hydrogen (secondary N) is 1. The minimum atomic E-state index is 0.681. The number of hydrogen-bond donors (Lipinski definition) is 1. The van der Waals surface area contributed by atoms with Crippen molar-refractivity contribution in [3.8, 4) is 0 Å². The Bertz CT molecular complexity index is 88.1. The predicted molar refractivity (Wildman–Crippen MR) is 28.9 cm³/mol. The number of nitrogens with zero attached hydrogens (tertiary/aromatic N) is 1. The topological polar surface area (TPSA) is 17.2 Å². The van der Waals surface area contributed by atoms with Crippen LogP contribution in [0.2, 0.25) is 0 Å². The van der Waals surface area contributed by atoms with Crippen molar-refractivity contribution in [3.63, 3.8) is 0 Å². The minimum absolute atomic E-state index is 0.681. The molecule has 0 aromatic heterocycles. The quantitative estimate of drug-likeness (QED) is 0.403. The van der Waals surface area contributed by atoms with Crippen LogP contribution >= 0.6 is 0 Å². The molecule has 0 bridgehead atoms. The number of hydrogen-bond acceptors (Lipinski definition) is 1. The van der Waals surface area contributed by atoms with Gasteiger partial charge in [0, 0.05) is 0 Å². The van der Waals surface area contributed by atoms with Gasteiger partial charge in [0.2, 0.25) is 0 Å². The summed E-state index contributed by atoms with van der Waals surface area (Å²) in [5.74, 6) is 0. The molecule has 7 heavy (non-hydrogen) atoms. The van der Waals surface area contributed by atoms with E-state index in [1.54, 1.807) is 0 Å². The summed E-state index contributed by atoms with van der Waals surface area (Å²) in [5, 5.41) is 5.17. The van der Waals surface area contributed by atoms with Crippen LogP contribution in [0.15, 0.2) is 0 Å². The van der Waals surface area contributed by atoms with E-state index in [0.29, 0.717) is 6.04 Å². The lowest BCUT2D eigenvalue weighted by atomic mass is 10.3. The van der Waals surface area contributed by atoms with Crippen molar-refractivity contribution in [1.29, 1.82) is 0 Å². The molecule has 2 nitrogen and oxygen atoms in total. The molecule has 1 heterocycles. The first kappa shape index (κ1) is 4.62. The summed E-state index contributed by atoms with van der Waals surface area (Å²) in [5.41, 5.74) is 0. The monoisotopic (exact) mass is 99.1 g/mol. The lowest BCUT2D eigenvalue weighted by Gasteiger charge is -2.05. The SMILES string of the molecule is CC1CC=[NH+]N1C. The first-order chi connectivity index (χ1) is 3.30. The van der Waals surface area contributed by atoms with Gasteiger partial charge in [-0.25, -0.2) is 0 Å². The van der Waals surface area contributed by atoms with E-state index in [1.165, 1.54) is 0 Å². The van der Waals surface area contributed by atoms with Gasteiger partial charge in [0.1, 0.15) is 0 Å². The molecule has 1 unspecified atom stereocenters. The van der Waals surface area contributed by atoms with Gasteiger partial charge in [0.15, 0.2) is 6.21 Å². The standard InChI is InChI=1S/C5H10N2/c1-5-3-4-6-7(5)2/h4-5H,3H2,1-2H3/p+1. The molecule has 1 rings (SSSR count). The van der Waals surface area contributed by atoms with Crippen LogP contribution < -0.4 is 5.10 Å². The predicted octanol–water partition coefficient (Wildman–Crippen LogP) is -1.22. The highest BCUT2D eigenvalue weighted by Crippen LogP contribution is 1.92. The molecule has 0 radical (unpaired) electrons. The second kappa shape index (κ2) is 1.52. The molecule has 1 aliphatic rings. The van der Waals surface area contributed by atoms with Crippen LogP contribution in [-0.2, 0) is 0 Å². The van der Waals surface area contributed by atoms with E-state index < -0.39 is 0 Å². The van der Waals surface area contributed by atoms with Gasteiger partial charge >= 0.3 is 0 Å². The van der Waals surface area contributed by atoms with Gasteiger partial charge in [-0.3, -0.25) is 0 Å².